The molecule has 9 aromatic rings. The third-order valence-corrected chi connectivity index (χ3v) is 19.7. The largest absolute Gasteiger partial charge is 0.813 e. The molecule has 0 saturated heterocycles. The molecule has 0 saturated carbocycles. The zero-order valence-corrected chi connectivity index (χ0v) is 45.0. The van der Waals surface area contributed by atoms with Crippen LogP contribution in [0, 0.1) is 83.1 Å². The van der Waals surface area contributed by atoms with Crippen LogP contribution in [0.15, 0.2) is 164 Å². The summed E-state index contributed by atoms with van der Waals surface area (Å²) in [5.41, 5.74) is 31.3. The first-order valence-corrected chi connectivity index (χ1v) is 27.1. The van der Waals surface area contributed by atoms with Crippen LogP contribution >= 0.6 is 0 Å². The fourth-order valence-corrected chi connectivity index (χ4v) is 17.2. The fourth-order valence-electron chi connectivity index (χ4n) is 11.3. The second kappa shape index (κ2) is 19.8. The first kappa shape index (κ1) is 48.3. The molecule has 0 spiro atoms. The third kappa shape index (κ3) is 9.24. The van der Waals surface area contributed by atoms with Crippen LogP contribution in [-0.4, -0.2) is 14.3 Å². The van der Waals surface area contributed by atoms with Crippen LogP contribution in [0.2, 0.25) is 0 Å². The number of aryl methyl sites for hydroxylation is 12. The minimum Gasteiger partial charge on any atom is -0.813 e. The Morgan fingerprint density at radius 2 is 0.338 bits per heavy atom. The Morgan fingerprint density at radius 1 is 0.206 bits per heavy atom. The maximum absolute atomic E-state index is 2.86. The minimum absolute atomic E-state index is 0. The summed E-state index contributed by atoms with van der Waals surface area (Å²) in [7, 11) is 0. The Bertz CT molecular complexity index is 2700. The second-order valence-corrected chi connectivity index (χ2v) is 24.6. The van der Waals surface area contributed by atoms with Gasteiger partial charge in [0.25, 0.3) is 0 Å². The van der Waals surface area contributed by atoms with E-state index in [-0.39, 0.29) is 13.5 Å². The van der Waals surface area contributed by atoms with Crippen molar-refractivity contribution in [3.63, 3.8) is 0 Å². The van der Waals surface area contributed by atoms with Crippen LogP contribution in [-0.2, 0) is 13.5 Å². The second-order valence-electron chi connectivity index (χ2n) is 19.4. The molecule has 0 bridgehead atoms. The third-order valence-electron chi connectivity index (χ3n) is 14.3. The van der Waals surface area contributed by atoms with E-state index in [1.807, 2.05) is 0 Å². The van der Waals surface area contributed by atoms with Gasteiger partial charge in [0.2, 0.25) is 0 Å². The SMILES string of the molecule is Cc1cccc(C)c1-c1cc(-c2c(C)cccc2C)c[c]([Ge]([c]2cc(-c3c(C)cccc3C)cc(-c3c(C)cccc3C)c2)[c]2cc(-c3c(C)cccc3C)cc(-c3c(C)cccc3C)c2)c1.[SH-]. The molecule has 0 N–H and O–H groups in total. The average Bonchev–Trinajstić information content (AvgIpc) is 3.26. The summed E-state index contributed by atoms with van der Waals surface area (Å²) in [6.07, 6.45) is 0. The summed E-state index contributed by atoms with van der Waals surface area (Å²) in [4.78, 5) is 0. The van der Waals surface area contributed by atoms with Crippen LogP contribution in [0.4, 0.5) is 0 Å². The topological polar surface area (TPSA) is 0 Å². The molecule has 0 atom stereocenters. The normalized spacial score (nSPS) is 11.2. The van der Waals surface area contributed by atoms with Crippen LogP contribution < -0.4 is 13.2 Å². The van der Waals surface area contributed by atoms with Gasteiger partial charge in [-0.3, -0.25) is 0 Å². The zero-order chi connectivity index (χ0) is 47.3. The molecule has 0 unspecified atom stereocenters. The van der Waals surface area contributed by atoms with Crippen molar-refractivity contribution in [2.45, 2.75) is 83.1 Å². The molecule has 0 heterocycles. The maximum atomic E-state index is 2.59. The van der Waals surface area contributed by atoms with Gasteiger partial charge in [-0.15, -0.1) is 0 Å². The first-order chi connectivity index (χ1) is 32.2. The van der Waals surface area contributed by atoms with Gasteiger partial charge in [-0.1, -0.05) is 0 Å². The van der Waals surface area contributed by atoms with E-state index in [4.69, 9.17) is 0 Å². The van der Waals surface area contributed by atoms with Crippen LogP contribution in [0.25, 0.3) is 66.8 Å². The first-order valence-electron chi connectivity index (χ1n) is 23.9. The average molecular weight is 962 g/mol. The number of hydrogen-bond acceptors (Lipinski definition) is 1. The van der Waals surface area contributed by atoms with E-state index in [2.05, 4.69) is 247 Å². The van der Waals surface area contributed by atoms with Crippen molar-refractivity contribution in [3.05, 3.63) is 231 Å². The van der Waals surface area contributed by atoms with Gasteiger partial charge in [0.1, 0.15) is 0 Å². The predicted octanol–water partition coefficient (Wildman–Crippen LogP) is 15.6. The summed E-state index contributed by atoms with van der Waals surface area (Å²) in [6.45, 7) is 27.3. The molecule has 2 heteroatoms. The summed E-state index contributed by atoms with van der Waals surface area (Å²) < 4.78 is 4.32. The van der Waals surface area contributed by atoms with Crippen molar-refractivity contribution in [3.8, 4) is 66.8 Å². The molecule has 0 amide bonds. The van der Waals surface area contributed by atoms with E-state index in [9.17, 15) is 0 Å². The van der Waals surface area contributed by atoms with Crippen LogP contribution in [0.3, 0.4) is 0 Å². The Hall–Kier alpha value is -6.13. The molecular formula is C66H64GeS-. The number of benzene rings is 9. The van der Waals surface area contributed by atoms with Gasteiger partial charge < -0.3 is 13.5 Å². The quantitative estimate of drug-likeness (QED) is 0.0789. The van der Waals surface area contributed by atoms with E-state index >= 15 is 0 Å². The summed E-state index contributed by atoms with van der Waals surface area (Å²) in [5.74, 6) is 0. The molecule has 0 aromatic heterocycles. The number of hydrogen-bond donors (Lipinski definition) is 0. The van der Waals surface area contributed by atoms with E-state index in [1.165, 1.54) is 147 Å². The van der Waals surface area contributed by atoms with E-state index in [1.54, 1.807) is 0 Å². The molecule has 0 aliphatic carbocycles. The molecule has 0 fully saturated rings. The molecule has 0 aliphatic heterocycles. The molecule has 0 aliphatic rings. The van der Waals surface area contributed by atoms with Crippen LogP contribution in [0.1, 0.15) is 66.8 Å². The molecular weight excluding hydrogens is 897 g/mol. The standard InChI is InChI=1S/C66H63Ge.H2S/c1-40-19-13-20-41(2)61(40)52-31-53(62-42(3)21-14-22-43(62)4)35-58(34-52)67(59-36-54(63-44(5)23-15-24-45(63)6)32-55(37-59)64-46(7)25-16-26-47(64)8)60-38-56(65-48(9)27-17-28-49(65)10)33-57(39-60)66-50(11)29-18-30-51(66)12;/h13-39H,1-12H3;1H2/p-1. The van der Waals surface area contributed by atoms with Crippen molar-refractivity contribution >= 4 is 41.0 Å². The van der Waals surface area contributed by atoms with Crippen molar-refractivity contribution in [2.24, 2.45) is 0 Å². The Kier molecular flexibility index (Phi) is 14.1. The fraction of sp³-hybridized carbons (Fsp3) is 0.182. The summed E-state index contributed by atoms with van der Waals surface area (Å²) in [6, 6.07) is 63.5. The van der Waals surface area contributed by atoms with Gasteiger partial charge in [0, 0.05) is 0 Å². The number of rotatable bonds is 9. The van der Waals surface area contributed by atoms with Crippen molar-refractivity contribution in [1.82, 2.24) is 0 Å². The van der Waals surface area contributed by atoms with Crippen molar-refractivity contribution < 1.29 is 0 Å². The van der Waals surface area contributed by atoms with E-state index in [0.29, 0.717) is 0 Å². The van der Waals surface area contributed by atoms with Crippen molar-refractivity contribution in [1.29, 1.82) is 0 Å². The van der Waals surface area contributed by atoms with Crippen molar-refractivity contribution in [2.75, 3.05) is 0 Å². The number of thiol groups is 1. The monoisotopic (exact) mass is 962 g/mol. The molecule has 1 radical (unpaired) electrons. The van der Waals surface area contributed by atoms with E-state index in [0.717, 1.165) is 0 Å². The van der Waals surface area contributed by atoms with Gasteiger partial charge in [-0.25, -0.2) is 0 Å². The van der Waals surface area contributed by atoms with E-state index < -0.39 is 14.3 Å². The summed E-state index contributed by atoms with van der Waals surface area (Å²) in [5, 5.41) is 0. The van der Waals surface area contributed by atoms with Gasteiger partial charge in [-0.2, -0.15) is 0 Å². The van der Waals surface area contributed by atoms with Crippen LogP contribution in [0.5, 0.6) is 0 Å². The summed E-state index contributed by atoms with van der Waals surface area (Å²) >= 11 is -2.86. The Balaban J connectivity index is 0.00000625. The maximum Gasteiger partial charge on any atom is -0.813 e. The molecule has 0 nitrogen and oxygen atoms in total. The minimum atomic E-state index is -2.86. The smallest absolute Gasteiger partial charge is 0.813 e. The molecule has 68 heavy (non-hydrogen) atoms. The van der Waals surface area contributed by atoms with Gasteiger partial charge in [0.15, 0.2) is 0 Å². The predicted molar refractivity (Wildman–Crippen MR) is 302 cm³/mol. The molecule has 9 rings (SSSR count). The zero-order valence-electron chi connectivity index (χ0n) is 42.0. The molecule has 9 aromatic carbocycles. The molecule has 339 valence electrons. The van der Waals surface area contributed by atoms with Gasteiger partial charge in [-0.05, 0) is 0 Å². The van der Waals surface area contributed by atoms with Gasteiger partial charge in [0.05, 0.1) is 0 Å². The van der Waals surface area contributed by atoms with Gasteiger partial charge >= 0.3 is 408 Å². The Labute approximate surface area is 418 Å². The Morgan fingerprint density at radius 3 is 0.471 bits per heavy atom.